The summed E-state index contributed by atoms with van der Waals surface area (Å²) in [5.74, 6) is -0.515. The molecule has 7 rings (SSSR count). The van der Waals surface area contributed by atoms with Gasteiger partial charge in [-0.3, -0.25) is 19.3 Å². The summed E-state index contributed by atoms with van der Waals surface area (Å²) in [4.78, 5) is 41.8. The third kappa shape index (κ3) is 1.76. The van der Waals surface area contributed by atoms with E-state index in [1.807, 2.05) is 43.4 Å². The standard InChI is InChI=1S/C27H18N2O3/c1-12-13-4-5-14-16-7-10-19-24-20(27(32)29(3)26(19)31)11-8-17(23(16)24)15-6-9-18(21(13)22(14)15)25(30)28(12)2/h4-12H,1-3H3. The summed E-state index contributed by atoms with van der Waals surface area (Å²) >= 11 is 0. The van der Waals surface area contributed by atoms with Crippen molar-refractivity contribution < 1.29 is 14.4 Å². The highest BCUT2D eigenvalue weighted by atomic mass is 16.2. The Kier molecular flexibility index (Phi) is 3.00. The number of amides is 3. The van der Waals surface area contributed by atoms with Gasteiger partial charge in [0.1, 0.15) is 0 Å². The van der Waals surface area contributed by atoms with E-state index in [1.54, 1.807) is 4.90 Å². The van der Waals surface area contributed by atoms with Crippen molar-refractivity contribution in [2.45, 2.75) is 13.0 Å². The topological polar surface area (TPSA) is 57.7 Å². The van der Waals surface area contributed by atoms with Gasteiger partial charge in [0.2, 0.25) is 0 Å². The molecule has 5 aromatic rings. The summed E-state index contributed by atoms with van der Waals surface area (Å²) in [6.45, 7) is 2.06. The van der Waals surface area contributed by atoms with Crippen molar-refractivity contribution in [1.29, 1.82) is 0 Å². The van der Waals surface area contributed by atoms with E-state index in [2.05, 4.69) is 19.1 Å². The minimum Gasteiger partial charge on any atom is -0.335 e. The van der Waals surface area contributed by atoms with E-state index in [9.17, 15) is 14.4 Å². The lowest BCUT2D eigenvalue weighted by molar-refractivity contribution is 0.0649. The molecule has 0 N–H and O–H groups in total. The number of nitrogens with zero attached hydrogens (tertiary/aromatic N) is 2. The number of hydrogen-bond acceptors (Lipinski definition) is 3. The highest BCUT2D eigenvalue weighted by molar-refractivity contribution is 6.39. The van der Waals surface area contributed by atoms with Gasteiger partial charge in [-0.05, 0) is 63.0 Å². The molecule has 1 unspecified atom stereocenters. The minimum atomic E-state index is -0.273. The fourth-order valence-corrected chi connectivity index (χ4v) is 5.83. The van der Waals surface area contributed by atoms with Crippen LogP contribution in [0.15, 0.2) is 48.5 Å². The molecular formula is C27H18N2O3. The molecule has 0 saturated heterocycles. The van der Waals surface area contributed by atoms with Crippen LogP contribution in [0.25, 0.3) is 43.1 Å². The van der Waals surface area contributed by atoms with E-state index in [1.165, 1.54) is 11.9 Å². The van der Waals surface area contributed by atoms with Gasteiger partial charge < -0.3 is 4.90 Å². The summed E-state index contributed by atoms with van der Waals surface area (Å²) < 4.78 is 0. The number of benzene rings is 5. The molecule has 154 valence electrons. The fourth-order valence-electron chi connectivity index (χ4n) is 5.83. The molecule has 0 spiro atoms. The van der Waals surface area contributed by atoms with E-state index in [0.717, 1.165) is 54.2 Å². The van der Waals surface area contributed by atoms with Crippen molar-refractivity contribution in [3.63, 3.8) is 0 Å². The Bertz CT molecular complexity index is 1660. The van der Waals surface area contributed by atoms with Crippen LogP contribution < -0.4 is 0 Å². The quantitative estimate of drug-likeness (QED) is 0.199. The zero-order valence-electron chi connectivity index (χ0n) is 17.8. The first-order valence-electron chi connectivity index (χ1n) is 10.7. The van der Waals surface area contributed by atoms with Gasteiger partial charge in [-0.2, -0.15) is 0 Å². The molecule has 0 aliphatic carbocycles. The van der Waals surface area contributed by atoms with Gasteiger partial charge in [-0.25, -0.2) is 0 Å². The van der Waals surface area contributed by atoms with E-state index in [4.69, 9.17) is 0 Å². The number of fused-ring (bicyclic) bond motifs is 2. The summed E-state index contributed by atoms with van der Waals surface area (Å²) in [6, 6.07) is 15.8. The number of carbonyl (C=O) groups excluding carboxylic acids is 3. The van der Waals surface area contributed by atoms with Gasteiger partial charge in [-0.15, -0.1) is 0 Å². The summed E-state index contributed by atoms with van der Waals surface area (Å²) in [5.41, 5.74) is 2.98. The first-order chi connectivity index (χ1) is 15.4. The maximum Gasteiger partial charge on any atom is 0.261 e. The van der Waals surface area contributed by atoms with Crippen molar-refractivity contribution in [2.75, 3.05) is 14.1 Å². The van der Waals surface area contributed by atoms with Crippen LogP contribution in [0.3, 0.4) is 0 Å². The molecule has 0 radical (unpaired) electrons. The van der Waals surface area contributed by atoms with Gasteiger partial charge in [0.05, 0.1) is 6.04 Å². The summed E-state index contributed by atoms with van der Waals surface area (Å²) in [7, 11) is 3.37. The van der Waals surface area contributed by atoms with Crippen LogP contribution in [0, 0.1) is 0 Å². The molecule has 3 amide bonds. The van der Waals surface area contributed by atoms with Gasteiger partial charge in [0, 0.05) is 41.6 Å². The minimum absolute atomic E-state index is 0.0122. The van der Waals surface area contributed by atoms with Crippen LogP contribution in [0.1, 0.15) is 49.6 Å². The Balaban J connectivity index is 1.76. The van der Waals surface area contributed by atoms with Crippen LogP contribution in [0.5, 0.6) is 0 Å². The molecule has 5 aromatic carbocycles. The molecule has 2 heterocycles. The largest absolute Gasteiger partial charge is 0.335 e. The Hall–Kier alpha value is -3.99. The van der Waals surface area contributed by atoms with Crippen LogP contribution >= 0.6 is 0 Å². The molecule has 0 bridgehead atoms. The Morgan fingerprint density at radius 1 is 0.562 bits per heavy atom. The lowest BCUT2D eigenvalue weighted by Gasteiger charge is -2.33. The molecule has 2 aliphatic heterocycles. The Morgan fingerprint density at radius 3 is 1.53 bits per heavy atom. The van der Waals surface area contributed by atoms with Crippen LogP contribution in [0.4, 0.5) is 0 Å². The van der Waals surface area contributed by atoms with E-state index in [-0.39, 0.29) is 23.8 Å². The molecule has 1 atom stereocenters. The fraction of sp³-hybridized carbons (Fsp3) is 0.148. The predicted molar refractivity (Wildman–Crippen MR) is 125 cm³/mol. The van der Waals surface area contributed by atoms with Gasteiger partial charge in [0.15, 0.2) is 0 Å². The van der Waals surface area contributed by atoms with Crippen molar-refractivity contribution in [2.24, 2.45) is 0 Å². The molecule has 2 aliphatic rings. The van der Waals surface area contributed by atoms with Crippen molar-refractivity contribution >= 4 is 60.8 Å². The normalized spacial score (nSPS) is 18.2. The van der Waals surface area contributed by atoms with Crippen molar-refractivity contribution in [3.8, 4) is 0 Å². The van der Waals surface area contributed by atoms with Gasteiger partial charge in [0.25, 0.3) is 17.7 Å². The van der Waals surface area contributed by atoms with Gasteiger partial charge >= 0.3 is 0 Å². The summed E-state index contributed by atoms with van der Waals surface area (Å²) in [5, 5.41) is 7.85. The SMILES string of the molecule is CC1c2ccc3c4ccc5c6c(ccc(c7ccc(c2c73)C(=O)N1C)c64)C(=O)N(C)C5=O. The first kappa shape index (κ1) is 17.7. The molecule has 0 saturated carbocycles. The predicted octanol–water partition coefficient (Wildman–Crippen LogP) is 5.11. The zero-order chi connectivity index (χ0) is 22.0. The number of rotatable bonds is 0. The lowest BCUT2D eigenvalue weighted by atomic mass is 9.81. The highest BCUT2D eigenvalue weighted by Crippen LogP contribution is 2.47. The average molecular weight is 418 g/mol. The first-order valence-corrected chi connectivity index (χ1v) is 10.7. The van der Waals surface area contributed by atoms with Crippen LogP contribution in [0.2, 0.25) is 0 Å². The maximum atomic E-state index is 13.1. The third-order valence-corrected chi connectivity index (χ3v) is 7.59. The van der Waals surface area contributed by atoms with Crippen molar-refractivity contribution in [1.82, 2.24) is 9.80 Å². The van der Waals surface area contributed by atoms with Crippen LogP contribution in [-0.2, 0) is 0 Å². The number of hydrogen-bond donors (Lipinski definition) is 0. The van der Waals surface area contributed by atoms with Crippen LogP contribution in [-0.4, -0.2) is 41.6 Å². The monoisotopic (exact) mass is 418 g/mol. The van der Waals surface area contributed by atoms with Crippen molar-refractivity contribution in [3.05, 3.63) is 70.8 Å². The molecule has 0 aromatic heterocycles. The molecule has 32 heavy (non-hydrogen) atoms. The molecular weight excluding hydrogens is 400 g/mol. The lowest BCUT2D eigenvalue weighted by Crippen LogP contribution is -2.36. The third-order valence-electron chi connectivity index (χ3n) is 7.59. The Morgan fingerprint density at radius 2 is 1.00 bits per heavy atom. The molecule has 5 nitrogen and oxygen atoms in total. The molecule has 5 heteroatoms. The van der Waals surface area contributed by atoms with E-state index < -0.39 is 0 Å². The molecule has 0 fully saturated rings. The van der Waals surface area contributed by atoms with E-state index in [0.29, 0.717) is 11.1 Å². The summed E-state index contributed by atoms with van der Waals surface area (Å²) in [6.07, 6.45) is 0. The number of carbonyl (C=O) groups is 3. The number of imide groups is 1. The highest BCUT2D eigenvalue weighted by Gasteiger charge is 2.34. The second-order valence-corrected chi connectivity index (χ2v) is 8.95. The zero-order valence-corrected chi connectivity index (χ0v) is 17.8. The van der Waals surface area contributed by atoms with Gasteiger partial charge in [-0.1, -0.05) is 30.3 Å². The van der Waals surface area contributed by atoms with E-state index >= 15 is 0 Å². The second-order valence-electron chi connectivity index (χ2n) is 8.95. The second kappa shape index (κ2) is 5.43. The smallest absolute Gasteiger partial charge is 0.261 e. The Labute approximate surface area is 183 Å². The average Bonchev–Trinajstić information content (AvgIpc) is 2.82. The maximum absolute atomic E-state index is 13.1.